The minimum Gasteiger partial charge on any atom is -0.364 e. The molecule has 17 heavy (non-hydrogen) atoms. The van der Waals surface area contributed by atoms with Crippen molar-refractivity contribution >= 4 is 22.9 Å². The number of amides is 1. The fourth-order valence-electron chi connectivity index (χ4n) is 1.70. The van der Waals surface area contributed by atoms with E-state index >= 15 is 0 Å². The number of fused-ring (bicyclic) bond motifs is 1. The predicted molar refractivity (Wildman–Crippen MR) is 64.8 cm³/mol. The first kappa shape index (κ1) is 9.98. The molecule has 6 heteroatoms. The van der Waals surface area contributed by atoms with Crippen molar-refractivity contribution in [2.24, 2.45) is 5.73 Å². The fourth-order valence-corrected chi connectivity index (χ4v) is 2.45. The second-order valence-corrected chi connectivity index (χ2v) is 4.41. The van der Waals surface area contributed by atoms with Crippen molar-refractivity contribution in [1.82, 2.24) is 14.4 Å². The molecule has 0 saturated heterocycles. The maximum Gasteiger partial charge on any atom is 0.271 e. The quantitative estimate of drug-likeness (QED) is 0.743. The maximum atomic E-state index is 11.2. The molecular weight excluding hydrogens is 236 g/mol. The van der Waals surface area contributed by atoms with E-state index in [4.69, 9.17) is 5.73 Å². The second-order valence-electron chi connectivity index (χ2n) is 3.46. The summed E-state index contributed by atoms with van der Waals surface area (Å²) in [6.45, 7) is 0. The van der Waals surface area contributed by atoms with Crippen molar-refractivity contribution in [2.75, 3.05) is 0 Å². The minimum absolute atomic E-state index is 0.198. The lowest BCUT2D eigenvalue weighted by molar-refractivity contribution is 0.0997. The molecule has 5 nitrogen and oxygen atoms in total. The molecule has 3 aromatic rings. The number of imidazole rings is 1. The third-order valence-corrected chi connectivity index (χ3v) is 3.33. The molecule has 1 amide bonds. The smallest absolute Gasteiger partial charge is 0.271 e. The van der Waals surface area contributed by atoms with Crippen LogP contribution in [-0.4, -0.2) is 20.3 Å². The van der Waals surface area contributed by atoms with Crippen LogP contribution in [0.1, 0.15) is 10.5 Å². The van der Waals surface area contributed by atoms with Gasteiger partial charge in [-0.25, -0.2) is 9.97 Å². The molecule has 0 unspecified atom stereocenters. The van der Waals surface area contributed by atoms with Crippen LogP contribution in [0.25, 0.3) is 16.2 Å². The van der Waals surface area contributed by atoms with Gasteiger partial charge in [0.25, 0.3) is 5.91 Å². The van der Waals surface area contributed by atoms with E-state index in [2.05, 4.69) is 9.97 Å². The van der Waals surface area contributed by atoms with Gasteiger partial charge in [-0.3, -0.25) is 9.20 Å². The van der Waals surface area contributed by atoms with E-state index in [1.54, 1.807) is 28.3 Å². The van der Waals surface area contributed by atoms with Gasteiger partial charge in [-0.2, -0.15) is 0 Å². The van der Waals surface area contributed by atoms with Crippen LogP contribution in [0.15, 0.2) is 36.1 Å². The minimum atomic E-state index is -0.566. The molecule has 3 aromatic heterocycles. The Kier molecular flexibility index (Phi) is 2.15. The topological polar surface area (TPSA) is 73.3 Å². The molecule has 84 valence electrons. The zero-order chi connectivity index (χ0) is 11.8. The molecule has 0 saturated carbocycles. The fraction of sp³-hybridized carbons (Fsp3) is 0. The number of carbonyl (C=O) groups is 1. The summed E-state index contributed by atoms with van der Waals surface area (Å²) in [6, 6.07) is 5.85. The van der Waals surface area contributed by atoms with Crippen LogP contribution in [0.3, 0.4) is 0 Å². The lowest BCUT2D eigenvalue weighted by atomic mass is 10.3. The first-order valence-electron chi connectivity index (χ1n) is 4.93. The van der Waals surface area contributed by atoms with Gasteiger partial charge in [-0.15, -0.1) is 11.3 Å². The zero-order valence-corrected chi connectivity index (χ0v) is 9.52. The maximum absolute atomic E-state index is 11.2. The summed E-state index contributed by atoms with van der Waals surface area (Å²) in [5, 5.41) is 1.99. The summed E-state index contributed by atoms with van der Waals surface area (Å²) in [6.07, 6.45) is 3.22. The summed E-state index contributed by atoms with van der Waals surface area (Å²) in [7, 11) is 0. The molecule has 0 bridgehead atoms. The Bertz CT molecular complexity index is 687. The van der Waals surface area contributed by atoms with Crippen LogP contribution in [0.4, 0.5) is 0 Å². The summed E-state index contributed by atoms with van der Waals surface area (Å²) in [5.41, 5.74) is 6.88. The number of thiophene rings is 1. The van der Waals surface area contributed by atoms with Crippen molar-refractivity contribution < 1.29 is 4.79 Å². The van der Waals surface area contributed by atoms with Gasteiger partial charge in [0, 0.05) is 6.20 Å². The number of hydrogen-bond donors (Lipinski definition) is 1. The van der Waals surface area contributed by atoms with E-state index in [0.717, 1.165) is 10.6 Å². The third kappa shape index (κ3) is 1.50. The molecule has 0 aliphatic carbocycles. The van der Waals surface area contributed by atoms with Gasteiger partial charge < -0.3 is 5.73 Å². The van der Waals surface area contributed by atoms with Gasteiger partial charge in [0.2, 0.25) is 0 Å². The number of nitrogens with two attached hydrogens (primary N) is 1. The number of hydrogen-bond acceptors (Lipinski definition) is 4. The van der Waals surface area contributed by atoms with Gasteiger partial charge in [0.05, 0.1) is 10.6 Å². The number of aromatic nitrogens is 3. The molecule has 0 fully saturated rings. The number of nitrogens with zero attached hydrogens (tertiary/aromatic N) is 3. The molecular formula is C11H8N4OS. The third-order valence-electron chi connectivity index (χ3n) is 2.44. The molecule has 3 rings (SSSR count). The Morgan fingerprint density at radius 2 is 2.24 bits per heavy atom. The van der Waals surface area contributed by atoms with Crippen LogP contribution in [0.5, 0.6) is 0 Å². The van der Waals surface area contributed by atoms with Crippen molar-refractivity contribution in [3.63, 3.8) is 0 Å². The highest BCUT2D eigenvalue weighted by Gasteiger charge is 2.13. The van der Waals surface area contributed by atoms with Crippen LogP contribution in [-0.2, 0) is 0 Å². The van der Waals surface area contributed by atoms with Gasteiger partial charge in [0.1, 0.15) is 6.33 Å². The highest BCUT2D eigenvalue weighted by atomic mass is 32.1. The van der Waals surface area contributed by atoms with E-state index in [-0.39, 0.29) is 5.69 Å². The zero-order valence-electron chi connectivity index (χ0n) is 8.70. The SMILES string of the molecule is NC(=O)c1ncn2c(-c3cccs3)ccnc12. The van der Waals surface area contributed by atoms with Crippen molar-refractivity contribution in [3.05, 3.63) is 41.8 Å². The molecule has 2 N–H and O–H groups in total. The molecule has 3 heterocycles. The first-order chi connectivity index (χ1) is 8.27. The Morgan fingerprint density at radius 3 is 2.94 bits per heavy atom. The lowest BCUT2D eigenvalue weighted by Crippen LogP contribution is -2.12. The highest BCUT2D eigenvalue weighted by molar-refractivity contribution is 7.13. The summed E-state index contributed by atoms with van der Waals surface area (Å²) in [4.78, 5) is 20.4. The average molecular weight is 244 g/mol. The van der Waals surface area contributed by atoms with Gasteiger partial charge in [0.15, 0.2) is 11.3 Å². The summed E-state index contributed by atoms with van der Waals surface area (Å²) >= 11 is 1.62. The van der Waals surface area contributed by atoms with E-state index in [1.807, 2.05) is 23.6 Å². The standard InChI is InChI=1S/C11H8N4OS/c12-10(16)9-11-13-4-3-7(15(11)6-14-9)8-2-1-5-17-8/h1-6H,(H2,12,16). The Morgan fingerprint density at radius 1 is 1.35 bits per heavy atom. The predicted octanol–water partition coefficient (Wildman–Crippen LogP) is 1.56. The van der Waals surface area contributed by atoms with Crippen molar-refractivity contribution in [2.45, 2.75) is 0 Å². The number of primary amides is 1. The van der Waals surface area contributed by atoms with Gasteiger partial charge in [-0.05, 0) is 17.5 Å². The Balaban J connectivity index is 2.32. The van der Waals surface area contributed by atoms with Gasteiger partial charge >= 0.3 is 0 Å². The van der Waals surface area contributed by atoms with Crippen molar-refractivity contribution in [1.29, 1.82) is 0 Å². The van der Waals surface area contributed by atoms with Crippen LogP contribution >= 0.6 is 11.3 Å². The Hall–Kier alpha value is -2.21. The normalized spacial score (nSPS) is 10.8. The number of carbonyl (C=O) groups excluding carboxylic acids is 1. The van der Waals surface area contributed by atoms with E-state index in [0.29, 0.717) is 5.65 Å². The summed E-state index contributed by atoms with van der Waals surface area (Å²) < 4.78 is 1.77. The van der Waals surface area contributed by atoms with Gasteiger partial charge in [-0.1, -0.05) is 6.07 Å². The second kappa shape index (κ2) is 3.67. The van der Waals surface area contributed by atoms with Crippen LogP contribution < -0.4 is 5.73 Å². The molecule has 0 aliphatic heterocycles. The van der Waals surface area contributed by atoms with Crippen LogP contribution in [0.2, 0.25) is 0 Å². The number of rotatable bonds is 2. The van der Waals surface area contributed by atoms with E-state index in [9.17, 15) is 4.79 Å². The summed E-state index contributed by atoms with van der Waals surface area (Å²) in [5.74, 6) is -0.566. The lowest BCUT2D eigenvalue weighted by Gasteiger charge is -2.01. The monoisotopic (exact) mass is 244 g/mol. The van der Waals surface area contributed by atoms with E-state index < -0.39 is 5.91 Å². The molecule has 0 aromatic carbocycles. The Labute approximate surface area is 101 Å². The van der Waals surface area contributed by atoms with E-state index in [1.165, 1.54) is 0 Å². The van der Waals surface area contributed by atoms with Crippen molar-refractivity contribution in [3.8, 4) is 10.6 Å². The first-order valence-corrected chi connectivity index (χ1v) is 5.81. The average Bonchev–Trinajstić information content (AvgIpc) is 2.97. The molecule has 0 spiro atoms. The molecule has 0 aliphatic rings. The molecule has 0 radical (unpaired) electrons. The molecule has 0 atom stereocenters. The largest absolute Gasteiger partial charge is 0.364 e. The highest BCUT2D eigenvalue weighted by Crippen LogP contribution is 2.25. The van der Waals surface area contributed by atoms with Crippen LogP contribution in [0, 0.1) is 0 Å².